The van der Waals surface area contributed by atoms with Crippen molar-refractivity contribution in [1.29, 1.82) is 0 Å². The number of rotatable bonds is 3. The van der Waals surface area contributed by atoms with Crippen LogP contribution in [0.25, 0.3) is 10.8 Å². The minimum absolute atomic E-state index is 0.0465. The summed E-state index contributed by atoms with van der Waals surface area (Å²) in [4.78, 5) is 29.1. The highest BCUT2D eigenvalue weighted by atomic mass is 16.2. The Hall–Kier alpha value is -2.36. The molecule has 130 valence electrons. The van der Waals surface area contributed by atoms with Crippen molar-refractivity contribution in [2.45, 2.75) is 38.1 Å². The van der Waals surface area contributed by atoms with Gasteiger partial charge in [0.2, 0.25) is 11.8 Å². The lowest BCUT2D eigenvalue weighted by atomic mass is 10.0. The van der Waals surface area contributed by atoms with E-state index in [0.717, 1.165) is 29.3 Å². The third kappa shape index (κ3) is 2.90. The Morgan fingerprint density at radius 3 is 2.60 bits per heavy atom. The molecule has 0 bridgehead atoms. The van der Waals surface area contributed by atoms with Gasteiger partial charge in [0.15, 0.2) is 0 Å². The summed E-state index contributed by atoms with van der Waals surface area (Å²) in [5.41, 5.74) is 0.912. The standard InChI is InChI=1S/C21H24N2O2/c1-22(19-12-6-8-15-7-2-5-11-18(15)19)21(25)16-13-20(24)23(14-16)17-9-3-4-10-17/h2,5-8,11-12,16-17H,3-4,9-10,13-14H2,1H3/t16-/m1/s1. The Morgan fingerprint density at radius 1 is 1.08 bits per heavy atom. The molecule has 1 heterocycles. The van der Waals surface area contributed by atoms with E-state index < -0.39 is 0 Å². The van der Waals surface area contributed by atoms with Crippen LogP contribution in [0.1, 0.15) is 32.1 Å². The first-order chi connectivity index (χ1) is 12.1. The topological polar surface area (TPSA) is 40.6 Å². The van der Waals surface area contributed by atoms with Gasteiger partial charge in [-0.3, -0.25) is 9.59 Å². The fourth-order valence-corrected chi connectivity index (χ4v) is 4.36. The van der Waals surface area contributed by atoms with E-state index in [-0.39, 0.29) is 17.7 Å². The van der Waals surface area contributed by atoms with Gasteiger partial charge in [-0.1, -0.05) is 49.2 Å². The number of carbonyl (C=O) groups is 2. The molecule has 2 amide bonds. The van der Waals surface area contributed by atoms with Crippen LogP contribution >= 0.6 is 0 Å². The summed E-state index contributed by atoms with van der Waals surface area (Å²) >= 11 is 0. The molecule has 2 fully saturated rings. The zero-order chi connectivity index (χ0) is 17.4. The average molecular weight is 336 g/mol. The van der Waals surface area contributed by atoms with Crippen LogP contribution in [-0.4, -0.2) is 36.3 Å². The predicted molar refractivity (Wildman–Crippen MR) is 99.4 cm³/mol. The minimum atomic E-state index is -0.225. The number of carbonyl (C=O) groups excluding carboxylic acids is 2. The molecule has 0 unspecified atom stereocenters. The predicted octanol–water partition coefficient (Wildman–Crippen LogP) is 3.59. The van der Waals surface area contributed by atoms with Crippen molar-refractivity contribution in [1.82, 2.24) is 4.90 Å². The molecule has 4 heteroatoms. The zero-order valence-electron chi connectivity index (χ0n) is 14.6. The van der Waals surface area contributed by atoms with Gasteiger partial charge in [0.1, 0.15) is 0 Å². The first-order valence-electron chi connectivity index (χ1n) is 9.20. The van der Waals surface area contributed by atoms with Crippen LogP contribution in [0.5, 0.6) is 0 Å². The molecular formula is C21H24N2O2. The molecule has 0 spiro atoms. The van der Waals surface area contributed by atoms with Crippen molar-refractivity contribution in [3.05, 3.63) is 42.5 Å². The summed E-state index contributed by atoms with van der Waals surface area (Å²) in [5, 5.41) is 2.19. The fourth-order valence-electron chi connectivity index (χ4n) is 4.36. The third-order valence-corrected chi connectivity index (χ3v) is 5.73. The second-order valence-corrected chi connectivity index (χ2v) is 7.28. The van der Waals surface area contributed by atoms with Gasteiger partial charge in [0.25, 0.3) is 0 Å². The summed E-state index contributed by atoms with van der Waals surface area (Å²) in [5.74, 6) is -0.0289. The summed E-state index contributed by atoms with van der Waals surface area (Å²) < 4.78 is 0. The molecule has 0 aromatic heterocycles. The number of benzene rings is 2. The lowest BCUT2D eigenvalue weighted by Gasteiger charge is -2.25. The molecule has 2 aliphatic rings. The zero-order valence-corrected chi connectivity index (χ0v) is 14.6. The van der Waals surface area contributed by atoms with Crippen LogP contribution in [0.3, 0.4) is 0 Å². The number of anilines is 1. The molecule has 25 heavy (non-hydrogen) atoms. The van der Waals surface area contributed by atoms with Crippen molar-refractivity contribution < 1.29 is 9.59 Å². The third-order valence-electron chi connectivity index (χ3n) is 5.73. The number of hydrogen-bond donors (Lipinski definition) is 0. The highest BCUT2D eigenvalue weighted by Gasteiger charge is 2.39. The molecule has 0 N–H and O–H groups in total. The molecular weight excluding hydrogens is 312 g/mol. The van der Waals surface area contributed by atoms with Crippen molar-refractivity contribution in [2.75, 3.05) is 18.5 Å². The molecule has 1 aliphatic heterocycles. The quantitative estimate of drug-likeness (QED) is 0.859. The molecule has 4 rings (SSSR count). The van der Waals surface area contributed by atoms with Gasteiger partial charge >= 0.3 is 0 Å². The van der Waals surface area contributed by atoms with Crippen LogP contribution < -0.4 is 4.90 Å². The van der Waals surface area contributed by atoms with Crippen molar-refractivity contribution in [3.63, 3.8) is 0 Å². The Bertz CT molecular complexity index is 805. The summed E-state index contributed by atoms with van der Waals surface area (Å²) in [6, 6.07) is 14.5. The van der Waals surface area contributed by atoms with E-state index in [1.165, 1.54) is 12.8 Å². The molecule has 1 saturated heterocycles. The molecule has 0 radical (unpaired) electrons. The van der Waals surface area contributed by atoms with Crippen LogP contribution in [0, 0.1) is 5.92 Å². The lowest BCUT2D eigenvalue weighted by Crippen LogP contribution is -2.37. The molecule has 2 aromatic carbocycles. The van der Waals surface area contributed by atoms with Crippen LogP contribution in [0.15, 0.2) is 42.5 Å². The largest absolute Gasteiger partial charge is 0.339 e. The number of nitrogens with zero attached hydrogens (tertiary/aromatic N) is 2. The lowest BCUT2D eigenvalue weighted by molar-refractivity contribution is -0.130. The Kier molecular flexibility index (Phi) is 4.20. The smallest absolute Gasteiger partial charge is 0.232 e. The van der Waals surface area contributed by atoms with E-state index in [2.05, 4.69) is 12.1 Å². The van der Waals surface area contributed by atoms with E-state index in [1.54, 1.807) is 4.90 Å². The van der Waals surface area contributed by atoms with Crippen molar-refractivity contribution >= 4 is 28.3 Å². The van der Waals surface area contributed by atoms with Crippen molar-refractivity contribution in [3.8, 4) is 0 Å². The molecule has 1 atom stereocenters. The van der Waals surface area contributed by atoms with Gasteiger partial charge in [0.05, 0.1) is 11.6 Å². The van der Waals surface area contributed by atoms with Gasteiger partial charge in [0, 0.05) is 31.4 Å². The second-order valence-electron chi connectivity index (χ2n) is 7.28. The summed E-state index contributed by atoms with van der Waals surface area (Å²) in [7, 11) is 1.83. The van der Waals surface area contributed by atoms with Gasteiger partial charge in [-0.05, 0) is 24.3 Å². The van der Waals surface area contributed by atoms with E-state index in [1.807, 2.05) is 42.3 Å². The number of amides is 2. The summed E-state index contributed by atoms with van der Waals surface area (Å²) in [6.45, 7) is 0.581. The molecule has 1 aliphatic carbocycles. The first-order valence-corrected chi connectivity index (χ1v) is 9.20. The number of fused-ring (bicyclic) bond motifs is 1. The monoisotopic (exact) mass is 336 g/mol. The maximum Gasteiger partial charge on any atom is 0.232 e. The molecule has 1 saturated carbocycles. The maximum atomic E-state index is 13.0. The van der Waals surface area contributed by atoms with Crippen molar-refractivity contribution in [2.24, 2.45) is 5.92 Å². The van der Waals surface area contributed by atoms with Gasteiger partial charge in [-0.15, -0.1) is 0 Å². The van der Waals surface area contributed by atoms with Crippen LogP contribution in [0.4, 0.5) is 5.69 Å². The maximum absolute atomic E-state index is 13.0. The number of hydrogen-bond acceptors (Lipinski definition) is 2. The van der Waals surface area contributed by atoms with Crippen LogP contribution in [0.2, 0.25) is 0 Å². The Morgan fingerprint density at radius 2 is 1.80 bits per heavy atom. The minimum Gasteiger partial charge on any atom is -0.339 e. The fraction of sp³-hybridized carbons (Fsp3) is 0.429. The van der Waals surface area contributed by atoms with Crippen LogP contribution in [-0.2, 0) is 9.59 Å². The highest BCUT2D eigenvalue weighted by Crippen LogP contribution is 2.32. The van der Waals surface area contributed by atoms with E-state index in [4.69, 9.17) is 0 Å². The van der Waals surface area contributed by atoms with E-state index in [9.17, 15) is 9.59 Å². The normalized spacial score (nSPS) is 21.2. The number of likely N-dealkylation sites (tertiary alicyclic amines) is 1. The molecule has 2 aromatic rings. The molecule has 4 nitrogen and oxygen atoms in total. The van der Waals surface area contributed by atoms with E-state index >= 15 is 0 Å². The van der Waals surface area contributed by atoms with Gasteiger partial charge in [-0.25, -0.2) is 0 Å². The average Bonchev–Trinajstić information content (AvgIpc) is 3.29. The Balaban J connectivity index is 1.55. The first kappa shape index (κ1) is 16.1. The SMILES string of the molecule is CN(C(=O)[C@@H]1CC(=O)N(C2CCCC2)C1)c1cccc2ccccc12. The van der Waals surface area contributed by atoms with Gasteiger partial charge in [-0.2, -0.15) is 0 Å². The highest BCUT2D eigenvalue weighted by molar-refractivity contribution is 6.05. The van der Waals surface area contributed by atoms with E-state index in [0.29, 0.717) is 19.0 Å². The second kappa shape index (κ2) is 6.51. The Labute approximate surface area is 148 Å². The van der Waals surface area contributed by atoms with Gasteiger partial charge < -0.3 is 9.80 Å². The summed E-state index contributed by atoms with van der Waals surface area (Å²) in [6.07, 6.45) is 4.92.